The Kier molecular flexibility index (Phi) is 11.5. The van der Waals surface area contributed by atoms with E-state index >= 15 is 0 Å². The van der Waals surface area contributed by atoms with Crippen LogP contribution in [0.3, 0.4) is 0 Å². The Morgan fingerprint density at radius 1 is 1.11 bits per heavy atom. The molecule has 1 aromatic carbocycles. The monoisotopic (exact) mass is 520 g/mol. The summed E-state index contributed by atoms with van der Waals surface area (Å²) in [5.41, 5.74) is 0.203. The number of anilines is 1. The van der Waals surface area contributed by atoms with Crippen molar-refractivity contribution in [1.82, 2.24) is 15.5 Å². The molecule has 2 rings (SSSR count). The highest BCUT2D eigenvalue weighted by Gasteiger charge is 2.34. The summed E-state index contributed by atoms with van der Waals surface area (Å²) < 4.78 is 16.1. The number of hydrogen-bond donors (Lipinski definition) is 3. The SMILES string of the molecule is CN(C(=O)c1c(C=O)cccc1NCCOCCOCCNC(=O)OC(C)(C)C)C1CCC(=O)NC1=O. The van der Waals surface area contributed by atoms with Crippen LogP contribution < -0.4 is 16.0 Å². The first kappa shape index (κ1) is 29.7. The number of benzene rings is 1. The molecular formula is C25H36N4O8. The summed E-state index contributed by atoms with van der Waals surface area (Å²) in [5, 5.41) is 7.93. The summed E-state index contributed by atoms with van der Waals surface area (Å²) in [5.74, 6) is -1.42. The number of carbonyl (C=O) groups is 5. The summed E-state index contributed by atoms with van der Waals surface area (Å²) >= 11 is 0. The number of hydrogen-bond acceptors (Lipinski definition) is 9. The summed E-state index contributed by atoms with van der Waals surface area (Å²) in [6.07, 6.45) is 0.433. The molecule has 37 heavy (non-hydrogen) atoms. The molecular weight excluding hydrogens is 484 g/mol. The Hall–Kier alpha value is -3.51. The third kappa shape index (κ3) is 9.81. The number of piperidine rings is 1. The molecule has 0 aromatic heterocycles. The molecule has 1 aliphatic rings. The van der Waals surface area contributed by atoms with Crippen LogP contribution in [0.4, 0.5) is 10.5 Å². The molecule has 1 aliphatic heterocycles. The van der Waals surface area contributed by atoms with E-state index < -0.39 is 29.6 Å². The van der Waals surface area contributed by atoms with Gasteiger partial charge in [0.15, 0.2) is 6.29 Å². The largest absolute Gasteiger partial charge is 0.444 e. The Morgan fingerprint density at radius 3 is 2.41 bits per heavy atom. The topological polar surface area (TPSA) is 152 Å². The number of ether oxygens (including phenoxy) is 3. The lowest BCUT2D eigenvalue weighted by Crippen LogP contribution is -2.53. The molecule has 0 spiro atoms. The maximum atomic E-state index is 13.2. The third-order valence-corrected chi connectivity index (χ3v) is 5.28. The molecule has 1 aromatic rings. The lowest BCUT2D eigenvalue weighted by atomic mass is 10.0. The second-order valence-corrected chi connectivity index (χ2v) is 9.35. The van der Waals surface area contributed by atoms with Gasteiger partial charge in [0.25, 0.3) is 5.91 Å². The van der Waals surface area contributed by atoms with Crippen molar-refractivity contribution in [3.05, 3.63) is 29.3 Å². The zero-order valence-corrected chi connectivity index (χ0v) is 21.8. The van der Waals surface area contributed by atoms with E-state index in [0.29, 0.717) is 51.5 Å². The molecule has 3 N–H and O–H groups in total. The van der Waals surface area contributed by atoms with Crippen LogP contribution in [0.1, 0.15) is 54.3 Å². The van der Waals surface area contributed by atoms with Gasteiger partial charge in [-0.05, 0) is 33.3 Å². The van der Waals surface area contributed by atoms with Gasteiger partial charge in [-0.3, -0.25) is 24.5 Å². The van der Waals surface area contributed by atoms with E-state index in [2.05, 4.69) is 16.0 Å². The number of alkyl carbamates (subject to hydrolysis) is 1. The minimum absolute atomic E-state index is 0.135. The fraction of sp³-hybridized carbons (Fsp3) is 0.560. The van der Waals surface area contributed by atoms with Crippen molar-refractivity contribution in [2.24, 2.45) is 0 Å². The highest BCUT2D eigenvalue weighted by molar-refractivity contribution is 6.08. The van der Waals surface area contributed by atoms with Gasteiger partial charge in [0.05, 0.1) is 32.0 Å². The minimum Gasteiger partial charge on any atom is -0.444 e. The molecule has 0 bridgehead atoms. The number of likely N-dealkylation sites (N-methyl/N-ethyl adjacent to an activating group) is 1. The van der Waals surface area contributed by atoms with E-state index in [1.165, 1.54) is 18.0 Å². The van der Waals surface area contributed by atoms with Crippen molar-refractivity contribution in [3.8, 4) is 0 Å². The second kappa shape index (κ2) is 14.3. The zero-order valence-electron chi connectivity index (χ0n) is 21.8. The summed E-state index contributed by atoms with van der Waals surface area (Å²) in [6.45, 7) is 7.29. The smallest absolute Gasteiger partial charge is 0.407 e. The van der Waals surface area contributed by atoms with Crippen LogP contribution in [0.25, 0.3) is 0 Å². The van der Waals surface area contributed by atoms with E-state index in [1.54, 1.807) is 32.9 Å². The fourth-order valence-corrected chi connectivity index (χ4v) is 3.54. The number of rotatable bonds is 13. The van der Waals surface area contributed by atoms with Crippen LogP contribution >= 0.6 is 0 Å². The highest BCUT2D eigenvalue weighted by Crippen LogP contribution is 2.23. The van der Waals surface area contributed by atoms with Crippen LogP contribution in [0.5, 0.6) is 0 Å². The summed E-state index contributed by atoms with van der Waals surface area (Å²) in [6, 6.07) is 4.03. The van der Waals surface area contributed by atoms with Crippen LogP contribution in [-0.2, 0) is 23.8 Å². The number of aldehydes is 1. The number of nitrogens with zero attached hydrogens (tertiary/aromatic N) is 1. The van der Waals surface area contributed by atoms with Gasteiger partial charge in [0, 0.05) is 37.8 Å². The third-order valence-electron chi connectivity index (χ3n) is 5.28. The van der Waals surface area contributed by atoms with Gasteiger partial charge in [-0.2, -0.15) is 0 Å². The van der Waals surface area contributed by atoms with Gasteiger partial charge < -0.3 is 29.7 Å². The molecule has 12 nitrogen and oxygen atoms in total. The zero-order chi connectivity index (χ0) is 27.4. The Balaban J connectivity index is 1.77. The first-order valence-corrected chi connectivity index (χ1v) is 12.1. The predicted octanol–water partition coefficient (Wildman–Crippen LogP) is 1.35. The van der Waals surface area contributed by atoms with E-state index in [9.17, 15) is 24.0 Å². The predicted molar refractivity (Wildman–Crippen MR) is 134 cm³/mol. The molecule has 1 fully saturated rings. The van der Waals surface area contributed by atoms with Crippen LogP contribution in [0, 0.1) is 0 Å². The molecule has 0 aliphatic carbocycles. The molecule has 1 atom stereocenters. The number of imide groups is 1. The molecule has 0 radical (unpaired) electrons. The standard InChI is InChI=1S/C25H36N4O8/c1-25(2,3)37-24(34)27-11-13-36-15-14-35-12-10-26-18-7-5-6-17(16-30)21(18)23(33)29(4)19-8-9-20(31)28-22(19)32/h5-7,16,19,26H,8-15H2,1-4H3,(H,27,34)(H,28,31,32). The molecule has 1 heterocycles. The van der Waals surface area contributed by atoms with Gasteiger partial charge in [0.1, 0.15) is 11.6 Å². The molecule has 1 saturated heterocycles. The van der Waals surface area contributed by atoms with Crippen LogP contribution in [-0.4, -0.2) is 93.2 Å². The highest BCUT2D eigenvalue weighted by atomic mass is 16.6. The van der Waals surface area contributed by atoms with Crippen molar-refractivity contribution in [2.75, 3.05) is 51.9 Å². The maximum Gasteiger partial charge on any atom is 0.407 e. The fourth-order valence-electron chi connectivity index (χ4n) is 3.54. The number of nitrogens with one attached hydrogen (secondary N) is 3. The lowest BCUT2D eigenvalue weighted by Gasteiger charge is -2.30. The summed E-state index contributed by atoms with van der Waals surface area (Å²) in [4.78, 5) is 61.3. The van der Waals surface area contributed by atoms with E-state index in [0.717, 1.165) is 0 Å². The van der Waals surface area contributed by atoms with Crippen molar-refractivity contribution < 1.29 is 38.2 Å². The van der Waals surface area contributed by atoms with Crippen LogP contribution in [0.15, 0.2) is 18.2 Å². The van der Waals surface area contributed by atoms with Crippen molar-refractivity contribution in [2.45, 2.75) is 45.3 Å². The second-order valence-electron chi connectivity index (χ2n) is 9.35. The van der Waals surface area contributed by atoms with E-state index in [4.69, 9.17) is 14.2 Å². The molecule has 12 heteroatoms. The average molecular weight is 521 g/mol. The Morgan fingerprint density at radius 2 is 1.78 bits per heavy atom. The van der Waals surface area contributed by atoms with Gasteiger partial charge in [-0.15, -0.1) is 0 Å². The van der Waals surface area contributed by atoms with E-state index in [-0.39, 0.29) is 29.9 Å². The molecule has 1 unspecified atom stereocenters. The van der Waals surface area contributed by atoms with Gasteiger partial charge in [-0.25, -0.2) is 4.79 Å². The Bertz CT molecular complexity index is 976. The Labute approximate surface area is 216 Å². The maximum absolute atomic E-state index is 13.2. The first-order valence-electron chi connectivity index (χ1n) is 12.1. The van der Waals surface area contributed by atoms with Gasteiger partial charge in [-0.1, -0.05) is 12.1 Å². The minimum atomic E-state index is -0.805. The molecule has 204 valence electrons. The average Bonchev–Trinajstić information content (AvgIpc) is 2.83. The van der Waals surface area contributed by atoms with Crippen molar-refractivity contribution >= 4 is 35.8 Å². The normalized spacial score (nSPS) is 15.5. The number of amides is 4. The van der Waals surface area contributed by atoms with Crippen molar-refractivity contribution in [3.63, 3.8) is 0 Å². The lowest BCUT2D eigenvalue weighted by molar-refractivity contribution is -0.136. The number of carbonyl (C=O) groups excluding carboxylic acids is 5. The van der Waals surface area contributed by atoms with Crippen molar-refractivity contribution in [1.29, 1.82) is 0 Å². The van der Waals surface area contributed by atoms with Gasteiger partial charge >= 0.3 is 6.09 Å². The molecule has 4 amide bonds. The van der Waals surface area contributed by atoms with Crippen LogP contribution in [0.2, 0.25) is 0 Å². The first-order chi connectivity index (χ1) is 17.5. The summed E-state index contributed by atoms with van der Waals surface area (Å²) in [7, 11) is 1.47. The molecule has 0 saturated carbocycles. The quantitative estimate of drug-likeness (QED) is 0.199. The van der Waals surface area contributed by atoms with Gasteiger partial charge in [0.2, 0.25) is 11.8 Å². The van der Waals surface area contributed by atoms with E-state index in [1.807, 2.05) is 0 Å².